The van der Waals surface area contributed by atoms with Crippen LogP contribution in [0.5, 0.6) is 0 Å². The average molecular weight is 389 g/mol. The van der Waals surface area contributed by atoms with Crippen molar-refractivity contribution < 1.29 is 13.9 Å². The number of hydrogen-bond acceptors (Lipinski definition) is 5. The van der Waals surface area contributed by atoms with Crippen LogP contribution < -0.4 is 0 Å². The molecule has 132 valence electrons. The summed E-state index contributed by atoms with van der Waals surface area (Å²) in [6.07, 6.45) is 2.06. The van der Waals surface area contributed by atoms with Gasteiger partial charge in [-0.25, -0.2) is 4.79 Å². The quantitative estimate of drug-likeness (QED) is 0.434. The smallest absolute Gasteiger partial charge is 0.331 e. The van der Waals surface area contributed by atoms with E-state index in [0.717, 1.165) is 5.56 Å². The van der Waals surface area contributed by atoms with Crippen LogP contribution in [0.25, 0.3) is 17.5 Å². The number of hydrogen-bond donors (Lipinski definition) is 0. The molecule has 0 spiro atoms. The van der Waals surface area contributed by atoms with Crippen LogP contribution >= 0.6 is 23.2 Å². The van der Waals surface area contributed by atoms with Crippen molar-refractivity contribution in [1.29, 1.82) is 0 Å². The Balaban J connectivity index is 1.66. The third kappa shape index (κ3) is 4.31. The van der Waals surface area contributed by atoms with Crippen LogP contribution in [0, 0.1) is 0 Å². The molecule has 5 nitrogen and oxygen atoms in total. The first-order valence-electron chi connectivity index (χ1n) is 7.76. The second-order valence-electron chi connectivity index (χ2n) is 5.36. The maximum absolute atomic E-state index is 12.0. The lowest BCUT2D eigenvalue weighted by Crippen LogP contribution is -2.06. The average Bonchev–Trinajstić information content (AvgIpc) is 3.12. The summed E-state index contributed by atoms with van der Waals surface area (Å²) in [5.74, 6) is -0.00350. The number of rotatable bonds is 5. The van der Waals surface area contributed by atoms with Crippen molar-refractivity contribution in [3.05, 3.63) is 76.1 Å². The lowest BCUT2D eigenvalue weighted by Gasteiger charge is -2.07. The van der Waals surface area contributed by atoms with Crippen LogP contribution in [0.4, 0.5) is 0 Å². The highest BCUT2D eigenvalue weighted by Gasteiger charge is 2.18. The predicted molar refractivity (Wildman–Crippen MR) is 99.7 cm³/mol. The number of carbonyl (C=O) groups excluding carboxylic acids is 1. The van der Waals surface area contributed by atoms with Gasteiger partial charge in [0.05, 0.1) is 0 Å². The van der Waals surface area contributed by atoms with E-state index < -0.39 is 12.1 Å². The van der Waals surface area contributed by atoms with E-state index in [4.69, 9.17) is 32.4 Å². The van der Waals surface area contributed by atoms with E-state index in [2.05, 4.69) is 10.2 Å². The summed E-state index contributed by atoms with van der Waals surface area (Å²) in [7, 11) is 0. The third-order valence-corrected chi connectivity index (χ3v) is 4.15. The zero-order valence-electron chi connectivity index (χ0n) is 13.7. The molecule has 3 aromatic rings. The van der Waals surface area contributed by atoms with Gasteiger partial charge in [-0.15, -0.1) is 10.2 Å². The van der Waals surface area contributed by atoms with Crippen LogP contribution in [-0.2, 0) is 9.53 Å². The van der Waals surface area contributed by atoms with Gasteiger partial charge in [0, 0.05) is 27.2 Å². The lowest BCUT2D eigenvalue weighted by molar-refractivity contribution is -0.143. The first kappa shape index (κ1) is 18.2. The largest absolute Gasteiger partial charge is 0.449 e. The lowest BCUT2D eigenvalue weighted by atomic mass is 10.2. The highest BCUT2D eigenvalue weighted by molar-refractivity contribution is 6.37. The molecule has 7 heteroatoms. The minimum absolute atomic E-state index is 0.210. The van der Waals surface area contributed by atoms with E-state index in [1.807, 2.05) is 30.3 Å². The van der Waals surface area contributed by atoms with Gasteiger partial charge in [-0.3, -0.25) is 0 Å². The van der Waals surface area contributed by atoms with E-state index in [0.29, 0.717) is 21.5 Å². The molecule has 1 aromatic heterocycles. The maximum Gasteiger partial charge on any atom is 0.331 e. The van der Waals surface area contributed by atoms with Crippen molar-refractivity contribution in [3.8, 4) is 11.5 Å². The van der Waals surface area contributed by atoms with Gasteiger partial charge in [0.1, 0.15) is 0 Å². The van der Waals surface area contributed by atoms with Crippen LogP contribution in [0.3, 0.4) is 0 Å². The number of nitrogens with zero attached hydrogens (tertiary/aromatic N) is 2. The van der Waals surface area contributed by atoms with Gasteiger partial charge in [-0.1, -0.05) is 47.5 Å². The molecule has 0 aliphatic heterocycles. The van der Waals surface area contributed by atoms with Crippen LogP contribution in [0.1, 0.15) is 24.5 Å². The van der Waals surface area contributed by atoms with E-state index in [1.54, 1.807) is 25.1 Å². The Labute approximate surface area is 160 Å². The van der Waals surface area contributed by atoms with Crippen molar-refractivity contribution in [2.24, 2.45) is 0 Å². The minimum atomic E-state index is -0.696. The summed E-state index contributed by atoms with van der Waals surface area (Å²) in [6, 6.07) is 14.4. The molecule has 0 amide bonds. The second kappa shape index (κ2) is 8.17. The Hall–Kier alpha value is -2.63. The maximum atomic E-state index is 12.0. The number of ether oxygens (including phenoxy) is 1. The van der Waals surface area contributed by atoms with Crippen molar-refractivity contribution in [2.75, 3.05) is 0 Å². The van der Waals surface area contributed by atoms with Crippen LogP contribution in [0.2, 0.25) is 10.0 Å². The summed E-state index contributed by atoms with van der Waals surface area (Å²) in [5, 5.41) is 8.79. The van der Waals surface area contributed by atoms with Gasteiger partial charge >= 0.3 is 5.97 Å². The zero-order valence-corrected chi connectivity index (χ0v) is 15.2. The van der Waals surface area contributed by atoms with Gasteiger partial charge < -0.3 is 9.15 Å². The molecule has 26 heavy (non-hydrogen) atoms. The Morgan fingerprint density at radius 3 is 2.46 bits per heavy atom. The minimum Gasteiger partial charge on any atom is -0.449 e. The van der Waals surface area contributed by atoms with Gasteiger partial charge in [0.25, 0.3) is 5.89 Å². The molecular formula is C19H14Cl2N2O3. The summed E-state index contributed by atoms with van der Waals surface area (Å²) >= 11 is 12.1. The number of benzene rings is 2. The zero-order chi connectivity index (χ0) is 18.5. The topological polar surface area (TPSA) is 65.2 Å². The van der Waals surface area contributed by atoms with Gasteiger partial charge in [0.2, 0.25) is 5.89 Å². The summed E-state index contributed by atoms with van der Waals surface area (Å²) in [5.41, 5.74) is 1.34. The highest BCUT2D eigenvalue weighted by Crippen LogP contribution is 2.26. The first-order valence-corrected chi connectivity index (χ1v) is 8.51. The molecule has 0 aliphatic carbocycles. The normalized spacial score (nSPS) is 12.3. The molecule has 1 atom stereocenters. The molecule has 3 rings (SSSR count). The fourth-order valence-electron chi connectivity index (χ4n) is 2.18. The van der Waals surface area contributed by atoms with Crippen LogP contribution in [0.15, 0.2) is 59.0 Å². The van der Waals surface area contributed by atoms with E-state index in [9.17, 15) is 4.79 Å². The Morgan fingerprint density at radius 1 is 1.08 bits per heavy atom. The molecule has 2 aromatic carbocycles. The summed E-state index contributed by atoms with van der Waals surface area (Å²) in [4.78, 5) is 12.0. The summed E-state index contributed by atoms with van der Waals surface area (Å²) in [6.45, 7) is 1.65. The van der Waals surface area contributed by atoms with Gasteiger partial charge in [-0.05, 0) is 37.3 Å². The van der Waals surface area contributed by atoms with Gasteiger partial charge in [0.15, 0.2) is 6.10 Å². The van der Waals surface area contributed by atoms with E-state index in [1.165, 1.54) is 12.2 Å². The molecule has 0 saturated carbocycles. The molecule has 0 bridgehead atoms. The predicted octanol–water partition coefficient (Wildman–Crippen LogP) is 5.36. The third-order valence-electron chi connectivity index (χ3n) is 3.49. The Morgan fingerprint density at radius 2 is 1.77 bits per heavy atom. The monoisotopic (exact) mass is 388 g/mol. The summed E-state index contributed by atoms with van der Waals surface area (Å²) < 4.78 is 10.8. The number of esters is 1. The highest BCUT2D eigenvalue weighted by atomic mass is 35.5. The molecule has 0 fully saturated rings. The van der Waals surface area contributed by atoms with Crippen LogP contribution in [-0.4, -0.2) is 16.2 Å². The Bertz CT molecular complexity index is 919. The molecule has 1 heterocycles. The van der Waals surface area contributed by atoms with Crippen molar-refractivity contribution >= 4 is 35.2 Å². The fraction of sp³-hybridized carbons (Fsp3) is 0.105. The SMILES string of the molecule is C[C@H](OC(=O)/C=C/c1c(Cl)cccc1Cl)c1nnc(-c2ccccc2)o1. The van der Waals surface area contributed by atoms with E-state index in [-0.39, 0.29) is 5.89 Å². The Kier molecular flexibility index (Phi) is 5.71. The molecule has 0 saturated heterocycles. The molecule has 0 aliphatic rings. The number of halogens is 2. The van der Waals surface area contributed by atoms with Gasteiger partial charge in [-0.2, -0.15) is 0 Å². The van der Waals surface area contributed by atoms with Crippen molar-refractivity contribution in [2.45, 2.75) is 13.0 Å². The number of aromatic nitrogens is 2. The fourth-order valence-corrected chi connectivity index (χ4v) is 2.70. The van der Waals surface area contributed by atoms with E-state index >= 15 is 0 Å². The molecule has 0 unspecified atom stereocenters. The first-order chi connectivity index (χ1) is 12.5. The van der Waals surface area contributed by atoms with Crippen molar-refractivity contribution in [1.82, 2.24) is 10.2 Å². The molecule has 0 N–H and O–H groups in total. The number of carbonyl (C=O) groups is 1. The van der Waals surface area contributed by atoms with Crippen molar-refractivity contribution in [3.63, 3.8) is 0 Å². The standard InChI is InChI=1S/C19H14Cl2N2O3/c1-12(18-22-23-19(26-18)13-6-3-2-4-7-13)25-17(24)11-10-14-15(20)8-5-9-16(14)21/h2-12H,1H3/b11-10+/t12-/m0/s1. The molecular weight excluding hydrogens is 375 g/mol. The molecule has 0 radical (unpaired) electrons. The second-order valence-corrected chi connectivity index (χ2v) is 6.17.